The summed E-state index contributed by atoms with van der Waals surface area (Å²) in [6, 6.07) is 18.6. The molecule has 0 aliphatic heterocycles. The van der Waals surface area contributed by atoms with Crippen LogP contribution in [0.2, 0.25) is 0 Å². The molecule has 0 unspecified atom stereocenters. The van der Waals surface area contributed by atoms with Crippen LogP contribution in [0.1, 0.15) is 33.6 Å². The third kappa shape index (κ3) is 4.78. The van der Waals surface area contributed by atoms with Gasteiger partial charge in [0.1, 0.15) is 11.6 Å². The van der Waals surface area contributed by atoms with Crippen molar-refractivity contribution < 1.29 is 13.9 Å². The van der Waals surface area contributed by atoms with Crippen LogP contribution in [0.25, 0.3) is 0 Å². The maximum Gasteiger partial charge on any atom is 0.264 e. The summed E-state index contributed by atoms with van der Waals surface area (Å²) in [5, 5.41) is 1.94. The van der Waals surface area contributed by atoms with E-state index in [-0.39, 0.29) is 11.7 Å². The third-order valence-corrected chi connectivity index (χ3v) is 5.69. The van der Waals surface area contributed by atoms with Crippen LogP contribution in [0.5, 0.6) is 5.75 Å². The van der Waals surface area contributed by atoms with E-state index in [1.165, 1.54) is 23.5 Å². The third-order valence-electron chi connectivity index (χ3n) is 4.83. The topological polar surface area (TPSA) is 29.5 Å². The van der Waals surface area contributed by atoms with Gasteiger partial charge < -0.3 is 9.64 Å². The van der Waals surface area contributed by atoms with Crippen molar-refractivity contribution in [3.63, 3.8) is 0 Å². The zero-order chi connectivity index (χ0) is 19.3. The molecule has 1 aliphatic rings. The highest BCUT2D eigenvalue weighted by molar-refractivity contribution is 7.12. The lowest BCUT2D eigenvalue weighted by Crippen LogP contribution is -2.32. The van der Waals surface area contributed by atoms with Gasteiger partial charge in [-0.25, -0.2) is 4.39 Å². The molecule has 1 amide bonds. The van der Waals surface area contributed by atoms with Crippen molar-refractivity contribution in [1.29, 1.82) is 0 Å². The number of ether oxygens (including phenoxy) is 1. The summed E-state index contributed by atoms with van der Waals surface area (Å²) in [6.45, 7) is 1.16. The Balaban J connectivity index is 1.32. The minimum absolute atomic E-state index is 0.122. The Morgan fingerprint density at radius 3 is 2.39 bits per heavy atom. The van der Waals surface area contributed by atoms with Crippen LogP contribution in [0.15, 0.2) is 66.0 Å². The minimum Gasteiger partial charge on any atom is -0.493 e. The van der Waals surface area contributed by atoms with Gasteiger partial charge in [0.2, 0.25) is 0 Å². The van der Waals surface area contributed by atoms with E-state index in [9.17, 15) is 9.18 Å². The fourth-order valence-electron chi connectivity index (χ4n) is 3.12. The van der Waals surface area contributed by atoms with E-state index >= 15 is 0 Å². The molecule has 3 nitrogen and oxygen atoms in total. The Bertz CT molecular complexity index is 903. The van der Waals surface area contributed by atoms with Crippen molar-refractivity contribution in [2.24, 2.45) is 0 Å². The second-order valence-corrected chi connectivity index (χ2v) is 7.96. The fourth-order valence-corrected chi connectivity index (χ4v) is 3.80. The summed E-state index contributed by atoms with van der Waals surface area (Å²) in [5.74, 6) is 0.698. The summed E-state index contributed by atoms with van der Waals surface area (Å²) >= 11 is 1.49. The van der Waals surface area contributed by atoms with Gasteiger partial charge in [0.05, 0.1) is 11.5 Å². The van der Waals surface area contributed by atoms with Gasteiger partial charge in [-0.15, -0.1) is 11.3 Å². The molecule has 5 heteroatoms. The van der Waals surface area contributed by atoms with Crippen LogP contribution in [-0.4, -0.2) is 23.5 Å². The van der Waals surface area contributed by atoms with Crippen molar-refractivity contribution in [1.82, 2.24) is 4.90 Å². The average Bonchev–Trinajstić information content (AvgIpc) is 3.41. The number of carbonyl (C=O) groups excluding carboxylic acids is 1. The highest BCUT2D eigenvalue weighted by atomic mass is 32.1. The average molecular weight is 395 g/mol. The van der Waals surface area contributed by atoms with E-state index in [4.69, 9.17) is 4.74 Å². The Kier molecular flexibility index (Phi) is 5.72. The van der Waals surface area contributed by atoms with Crippen molar-refractivity contribution in [2.75, 3.05) is 6.61 Å². The summed E-state index contributed by atoms with van der Waals surface area (Å²) in [5.41, 5.74) is 2.15. The molecule has 28 heavy (non-hydrogen) atoms. The smallest absolute Gasteiger partial charge is 0.264 e. The molecule has 0 saturated heterocycles. The highest BCUT2D eigenvalue weighted by Crippen LogP contribution is 2.31. The first-order valence-corrected chi connectivity index (χ1v) is 10.4. The lowest BCUT2D eigenvalue weighted by molar-refractivity contribution is 0.0735. The number of hydrogen-bond donors (Lipinski definition) is 0. The van der Waals surface area contributed by atoms with Gasteiger partial charge in [0.25, 0.3) is 5.91 Å². The zero-order valence-corrected chi connectivity index (χ0v) is 16.3. The second-order valence-electron chi connectivity index (χ2n) is 7.01. The van der Waals surface area contributed by atoms with E-state index in [1.54, 1.807) is 12.1 Å². The molecule has 2 aromatic carbocycles. The SMILES string of the molecule is O=C(c1cccs1)N(Cc1ccc(OCCc2ccc(F)cc2)cc1)C1CC1. The van der Waals surface area contributed by atoms with Crippen molar-refractivity contribution in [3.05, 3.63) is 87.9 Å². The molecular weight excluding hydrogens is 373 g/mol. The minimum atomic E-state index is -0.224. The predicted molar refractivity (Wildman–Crippen MR) is 109 cm³/mol. The van der Waals surface area contributed by atoms with Crippen LogP contribution in [0.3, 0.4) is 0 Å². The van der Waals surface area contributed by atoms with E-state index in [2.05, 4.69) is 0 Å². The Hall–Kier alpha value is -2.66. The van der Waals surface area contributed by atoms with Gasteiger partial charge in [-0.1, -0.05) is 30.3 Å². The first-order valence-electron chi connectivity index (χ1n) is 9.50. The number of rotatable bonds is 8. The van der Waals surface area contributed by atoms with Gasteiger partial charge in [-0.05, 0) is 59.7 Å². The summed E-state index contributed by atoms with van der Waals surface area (Å²) in [7, 11) is 0. The normalized spacial score (nSPS) is 13.3. The van der Waals surface area contributed by atoms with E-state index in [1.807, 2.05) is 46.7 Å². The summed E-state index contributed by atoms with van der Waals surface area (Å²) in [4.78, 5) is 15.5. The monoisotopic (exact) mass is 395 g/mol. The number of thiophene rings is 1. The van der Waals surface area contributed by atoms with Crippen LogP contribution in [0, 0.1) is 5.82 Å². The molecule has 0 atom stereocenters. The molecule has 0 spiro atoms. The molecule has 0 N–H and O–H groups in total. The molecule has 1 fully saturated rings. The largest absolute Gasteiger partial charge is 0.493 e. The van der Waals surface area contributed by atoms with Gasteiger partial charge in [-0.2, -0.15) is 0 Å². The van der Waals surface area contributed by atoms with E-state index in [0.29, 0.717) is 19.2 Å². The zero-order valence-electron chi connectivity index (χ0n) is 15.5. The maximum atomic E-state index is 12.9. The quantitative estimate of drug-likeness (QED) is 0.517. The number of nitrogens with zero attached hydrogens (tertiary/aromatic N) is 1. The lowest BCUT2D eigenvalue weighted by Gasteiger charge is -2.22. The van der Waals surface area contributed by atoms with Crippen molar-refractivity contribution in [2.45, 2.75) is 31.8 Å². The number of halogens is 1. The molecule has 144 valence electrons. The number of hydrogen-bond acceptors (Lipinski definition) is 3. The van der Waals surface area contributed by atoms with Crippen molar-refractivity contribution in [3.8, 4) is 5.75 Å². The van der Waals surface area contributed by atoms with Gasteiger partial charge in [0.15, 0.2) is 0 Å². The number of amides is 1. The molecule has 1 aromatic heterocycles. The molecule has 1 heterocycles. The number of benzene rings is 2. The predicted octanol–water partition coefficient (Wildman–Crippen LogP) is 5.31. The highest BCUT2D eigenvalue weighted by Gasteiger charge is 2.33. The van der Waals surface area contributed by atoms with Gasteiger partial charge in [-0.3, -0.25) is 4.79 Å². The van der Waals surface area contributed by atoms with Crippen LogP contribution < -0.4 is 4.74 Å². The molecule has 3 aromatic rings. The van der Waals surface area contributed by atoms with E-state index < -0.39 is 0 Å². The number of carbonyl (C=O) groups is 1. The molecule has 4 rings (SSSR count). The lowest BCUT2D eigenvalue weighted by atomic mass is 10.1. The van der Waals surface area contributed by atoms with E-state index in [0.717, 1.165) is 41.0 Å². The maximum absolute atomic E-state index is 12.9. The fraction of sp³-hybridized carbons (Fsp3) is 0.261. The van der Waals surface area contributed by atoms with Crippen molar-refractivity contribution >= 4 is 17.2 Å². The molecule has 0 bridgehead atoms. The Morgan fingerprint density at radius 2 is 1.75 bits per heavy atom. The molecule has 1 saturated carbocycles. The first-order chi connectivity index (χ1) is 13.7. The van der Waals surface area contributed by atoms with Crippen LogP contribution >= 0.6 is 11.3 Å². The second kappa shape index (κ2) is 8.57. The van der Waals surface area contributed by atoms with Crippen LogP contribution in [-0.2, 0) is 13.0 Å². The van der Waals surface area contributed by atoms with Crippen LogP contribution in [0.4, 0.5) is 4.39 Å². The van der Waals surface area contributed by atoms with Gasteiger partial charge >= 0.3 is 0 Å². The first kappa shape index (κ1) is 18.7. The Morgan fingerprint density at radius 1 is 1.04 bits per heavy atom. The molecule has 0 radical (unpaired) electrons. The van der Waals surface area contributed by atoms with Gasteiger partial charge in [0, 0.05) is 19.0 Å². The summed E-state index contributed by atoms with van der Waals surface area (Å²) < 4.78 is 18.7. The molecule has 1 aliphatic carbocycles. The standard InChI is InChI=1S/C23H22FNO2S/c24-19-7-3-17(4-8-19)13-14-27-21-11-5-18(6-12-21)16-25(20-9-10-20)23(26)22-2-1-15-28-22/h1-8,11-12,15,20H,9-10,13-14,16H2. The summed E-state index contributed by atoms with van der Waals surface area (Å²) in [6.07, 6.45) is 2.90. The molecular formula is C23H22FNO2S. The Labute approximate surface area is 168 Å².